The summed E-state index contributed by atoms with van der Waals surface area (Å²) in [5.41, 5.74) is 9.21. The summed E-state index contributed by atoms with van der Waals surface area (Å²) in [5, 5.41) is 0. The van der Waals surface area contributed by atoms with Crippen LogP contribution in [0, 0.1) is 18.8 Å². The van der Waals surface area contributed by atoms with E-state index < -0.39 is 0 Å². The molecule has 20 heavy (non-hydrogen) atoms. The third-order valence-electron chi connectivity index (χ3n) is 5.44. The third kappa shape index (κ3) is 2.64. The Morgan fingerprint density at radius 1 is 1.15 bits per heavy atom. The topological polar surface area (TPSA) is 29.3 Å². The van der Waals surface area contributed by atoms with Gasteiger partial charge in [-0.25, -0.2) is 0 Å². The van der Waals surface area contributed by atoms with E-state index in [1.165, 1.54) is 43.5 Å². The van der Waals surface area contributed by atoms with Crippen LogP contribution in [-0.2, 0) is 0 Å². The van der Waals surface area contributed by atoms with Gasteiger partial charge in [0, 0.05) is 25.2 Å². The molecule has 0 bridgehead atoms. The Balaban J connectivity index is 1.81. The van der Waals surface area contributed by atoms with E-state index in [1.807, 2.05) is 0 Å². The van der Waals surface area contributed by atoms with Crippen molar-refractivity contribution >= 4 is 0 Å². The van der Waals surface area contributed by atoms with Gasteiger partial charge < -0.3 is 5.73 Å². The molecule has 1 aromatic carbocycles. The van der Waals surface area contributed by atoms with Gasteiger partial charge in [0.25, 0.3) is 0 Å². The zero-order valence-electron chi connectivity index (χ0n) is 12.9. The molecule has 2 aliphatic rings. The number of rotatable bonds is 4. The molecule has 2 N–H and O–H groups in total. The average Bonchev–Trinajstić information content (AvgIpc) is 3.02. The van der Waals surface area contributed by atoms with Crippen LogP contribution in [0.5, 0.6) is 0 Å². The highest BCUT2D eigenvalue weighted by Crippen LogP contribution is 2.41. The van der Waals surface area contributed by atoms with Gasteiger partial charge in [-0.1, -0.05) is 43.2 Å². The van der Waals surface area contributed by atoms with Crippen molar-refractivity contribution in [3.05, 3.63) is 35.4 Å². The third-order valence-corrected chi connectivity index (χ3v) is 5.44. The Bertz CT molecular complexity index is 427. The lowest BCUT2D eigenvalue weighted by Gasteiger charge is -2.33. The molecule has 1 saturated carbocycles. The van der Waals surface area contributed by atoms with Crippen molar-refractivity contribution in [3.63, 3.8) is 0 Å². The lowest BCUT2D eigenvalue weighted by molar-refractivity contribution is 0.194. The van der Waals surface area contributed by atoms with Crippen LogP contribution in [0.3, 0.4) is 0 Å². The van der Waals surface area contributed by atoms with Crippen LogP contribution >= 0.6 is 0 Å². The Morgan fingerprint density at radius 2 is 1.75 bits per heavy atom. The Labute approximate surface area is 123 Å². The normalized spacial score (nSPS) is 29.4. The molecule has 1 aliphatic carbocycles. The molecule has 1 aliphatic heterocycles. The quantitative estimate of drug-likeness (QED) is 0.909. The summed E-state index contributed by atoms with van der Waals surface area (Å²) < 4.78 is 0. The molecule has 0 radical (unpaired) electrons. The van der Waals surface area contributed by atoms with Gasteiger partial charge in [0.05, 0.1) is 0 Å². The van der Waals surface area contributed by atoms with E-state index >= 15 is 0 Å². The van der Waals surface area contributed by atoms with Crippen LogP contribution in [0.1, 0.15) is 49.8 Å². The maximum atomic E-state index is 6.48. The SMILES string of the molecule is CCC(N)C(c1ccc(C)cc1)N1CC2CCCC2C1. The van der Waals surface area contributed by atoms with Gasteiger partial charge in [0.1, 0.15) is 0 Å². The smallest absolute Gasteiger partial charge is 0.0499 e. The van der Waals surface area contributed by atoms with Crippen LogP contribution in [-0.4, -0.2) is 24.0 Å². The van der Waals surface area contributed by atoms with Crippen molar-refractivity contribution < 1.29 is 0 Å². The number of nitrogens with two attached hydrogens (primary N) is 1. The van der Waals surface area contributed by atoms with Crippen LogP contribution in [0.2, 0.25) is 0 Å². The summed E-state index contributed by atoms with van der Waals surface area (Å²) in [6.45, 7) is 6.88. The lowest BCUT2D eigenvalue weighted by atomic mass is 9.95. The number of nitrogens with zero attached hydrogens (tertiary/aromatic N) is 1. The van der Waals surface area contributed by atoms with Crippen molar-refractivity contribution in [1.29, 1.82) is 0 Å². The monoisotopic (exact) mass is 272 g/mol. The summed E-state index contributed by atoms with van der Waals surface area (Å²) in [6, 6.07) is 9.67. The van der Waals surface area contributed by atoms with E-state index in [0.717, 1.165) is 18.3 Å². The second kappa shape index (κ2) is 5.87. The van der Waals surface area contributed by atoms with Gasteiger partial charge in [-0.15, -0.1) is 0 Å². The second-order valence-corrected chi connectivity index (χ2v) is 6.83. The lowest BCUT2D eigenvalue weighted by Crippen LogP contribution is -2.40. The largest absolute Gasteiger partial charge is 0.326 e. The highest BCUT2D eigenvalue weighted by atomic mass is 15.2. The number of likely N-dealkylation sites (tertiary alicyclic amines) is 1. The zero-order valence-corrected chi connectivity index (χ0v) is 12.9. The van der Waals surface area contributed by atoms with Gasteiger partial charge in [-0.05, 0) is 43.6 Å². The predicted octanol–water partition coefficient (Wildman–Crippen LogP) is 3.51. The van der Waals surface area contributed by atoms with Crippen LogP contribution in [0.4, 0.5) is 0 Å². The van der Waals surface area contributed by atoms with E-state index in [4.69, 9.17) is 5.73 Å². The highest BCUT2D eigenvalue weighted by Gasteiger charge is 2.40. The molecule has 2 fully saturated rings. The Morgan fingerprint density at radius 3 is 2.30 bits per heavy atom. The molecule has 0 aromatic heterocycles. The number of hydrogen-bond acceptors (Lipinski definition) is 2. The van der Waals surface area contributed by atoms with E-state index in [9.17, 15) is 0 Å². The first-order valence-corrected chi connectivity index (χ1v) is 8.25. The van der Waals surface area contributed by atoms with E-state index in [1.54, 1.807) is 0 Å². The molecule has 1 heterocycles. The fourth-order valence-electron chi connectivity index (χ4n) is 4.21. The molecule has 110 valence electrons. The van der Waals surface area contributed by atoms with Crippen molar-refractivity contribution in [1.82, 2.24) is 4.90 Å². The molecule has 4 unspecified atom stereocenters. The predicted molar refractivity (Wildman–Crippen MR) is 84.6 cm³/mol. The zero-order chi connectivity index (χ0) is 14.1. The van der Waals surface area contributed by atoms with E-state index in [0.29, 0.717) is 6.04 Å². The summed E-state index contributed by atoms with van der Waals surface area (Å²) in [5.74, 6) is 1.87. The highest BCUT2D eigenvalue weighted by molar-refractivity contribution is 5.25. The van der Waals surface area contributed by atoms with E-state index in [2.05, 4.69) is 43.0 Å². The van der Waals surface area contributed by atoms with E-state index in [-0.39, 0.29) is 6.04 Å². The Hall–Kier alpha value is -0.860. The number of benzene rings is 1. The molecule has 3 rings (SSSR count). The first-order chi connectivity index (χ1) is 9.69. The van der Waals surface area contributed by atoms with Crippen LogP contribution < -0.4 is 5.73 Å². The van der Waals surface area contributed by atoms with Crippen molar-refractivity contribution in [2.24, 2.45) is 17.6 Å². The first-order valence-electron chi connectivity index (χ1n) is 8.25. The van der Waals surface area contributed by atoms with Crippen molar-refractivity contribution in [2.75, 3.05) is 13.1 Å². The summed E-state index contributed by atoms with van der Waals surface area (Å²) in [7, 11) is 0. The summed E-state index contributed by atoms with van der Waals surface area (Å²) >= 11 is 0. The number of hydrogen-bond donors (Lipinski definition) is 1. The molecular weight excluding hydrogens is 244 g/mol. The maximum absolute atomic E-state index is 6.48. The minimum atomic E-state index is 0.247. The number of aryl methyl sites for hydroxylation is 1. The molecule has 4 atom stereocenters. The minimum absolute atomic E-state index is 0.247. The van der Waals surface area contributed by atoms with Crippen molar-refractivity contribution in [2.45, 2.75) is 51.6 Å². The fraction of sp³-hybridized carbons (Fsp3) is 0.667. The molecule has 2 nitrogen and oxygen atoms in total. The van der Waals surface area contributed by atoms with Gasteiger partial charge in [0.2, 0.25) is 0 Å². The van der Waals surface area contributed by atoms with Gasteiger partial charge in [-0.3, -0.25) is 4.90 Å². The standard InChI is InChI=1S/C18H28N2/c1-3-17(19)18(14-9-7-13(2)8-10-14)20-11-15-5-4-6-16(15)12-20/h7-10,15-18H,3-6,11-12,19H2,1-2H3. The summed E-state index contributed by atoms with van der Waals surface area (Å²) in [4.78, 5) is 2.67. The van der Waals surface area contributed by atoms with Crippen molar-refractivity contribution in [3.8, 4) is 0 Å². The molecule has 0 spiro atoms. The molecular formula is C18H28N2. The van der Waals surface area contributed by atoms with Crippen LogP contribution in [0.15, 0.2) is 24.3 Å². The van der Waals surface area contributed by atoms with Gasteiger partial charge >= 0.3 is 0 Å². The van der Waals surface area contributed by atoms with Crippen LogP contribution in [0.25, 0.3) is 0 Å². The van der Waals surface area contributed by atoms with Gasteiger partial charge in [-0.2, -0.15) is 0 Å². The average molecular weight is 272 g/mol. The minimum Gasteiger partial charge on any atom is -0.326 e. The molecule has 1 saturated heterocycles. The summed E-state index contributed by atoms with van der Waals surface area (Å²) in [6.07, 6.45) is 5.36. The number of fused-ring (bicyclic) bond motifs is 1. The first kappa shape index (κ1) is 14.1. The molecule has 2 heteroatoms. The Kier molecular flexibility index (Phi) is 4.13. The maximum Gasteiger partial charge on any atom is 0.0499 e. The fourth-order valence-corrected chi connectivity index (χ4v) is 4.21. The van der Waals surface area contributed by atoms with Gasteiger partial charge in [0.15, 0.2) is 0 Å². The molecule has 0 amide bonds. The molecule has 1 aromatic rings. The second-order valence-electron chi connectivity index (χ2n) is 6.83.